The number of hydrogen-bond donors (Lipinski definition) is 1. The lowest BCUT2D eigenvalue weighted by molar-refractivity contribution is 0.646. The Bertz CT molecular complexity index is 260. The predicted octanol–water partition coefficient (Wildman–Crippen LogP) is 4.38. The fourth-order valence-electron chi connectivity index (χ4n) is 1.93. The topological polar surface area (TPSA) is 12.0 Å². The van der Waals surface area contributed by atoms with Crippen molar-refractivity contribution in [3.05, 3.63) is 11.3 Å². The van der Waals surface area contributed by atoms with E-state index in [1.165, 1.54) is 43.6 Å². The van der Waals surface area contributed by atoms with Crippen LogP contribution in [0.2, 0.25) is 30.2 Å². The molecule has 0 saturated carbocycles. The van der Waals surface area contributed by atoms with Gasteiger partial charge in [0, 0.05) is 9.52 Å². The van der Waals surface area contributed by atoms with Gasteiger partial charge in [-0.3, -0.25) is 0 Å². The molecular weight excluding hydrogens is 262 g/mol. The van der Waals surface area contributed by atoms with E-state index in [1.807, 2.05) is 0 Å². The van der Waals surface area contributed by atoms with Gasteiger partial charge in [0.1, 0.15) is 0 Å². The summed E-state index contributed by atoms with van der Waals surface area (Å²) in [5.74, 6) is 0. The molecule has 0 fully saturated rings. The zero-order valence-electron chi connectivity index (χ0n) is 14.5. The summed E-state index contributed by atoms with van der Waals surface area (Å²) in [4.78, 5) is 0. The smallest absolute Gasteiger partial charge is 0.0527 e. The van der Waals surface area contributed by atoms with Gasteiger partial charge in [0.05, 0.1) is 8.07 Å². The highest BCUT2D eigenvalue weighted by atomic mass is 28.3. The van der Waals surface area contributed by atoms with Crippen LogP contribution in [0.1, 0.15) is 47.5 Å². The Morgan fingerprint density at radius 3 is 2.26 bits per heavy atom. The molecule has 0 aliphatic carbocycles. The van der Waals surface area contributed by atoms with Crippen LogP contribution in [0.4, 0.5) is 0 Å². The van der Waals surface area contributed by atoms with E-state index in [-0.39, 0.29) is 9.52 Å². The summed E-state index contributed by atoms with van der Waals surface area (Å²) < 4.78 is 0. The van der Waals surface area contributed by atoms with Crippen LogP contribution in [-0.2, 0) is 0 Å². The molecule has 3 heteroatoms. The van der Waals surface area contributed by atoms with Crippen LogP contribution in [0.15, 0.2) is 11.3 Å². The molecular formula is C16H37NSi2. The molecule has 0 unspecified atom stereocenters. The second-order valence-corrected chi connectivity index (χ2v) is 15.2. The fourth-order valence-corrected chi connectivity index (χ4v) is 5.05. The van der Waals surface area contributed by atoms with Crippen molar-refractivity contribution in [2.24, 2.45) is 0 Å². The minimum Gasteiger partial charge on any atom is -0.317 e. The summed E-state index contributed by atoms with van der Waals surface area (Å²) >= 11 is 0. The summed E-state index contributed by atoms with van der Waals surface area (Å²) in [7, 11) is -0.962. The number of nitrogens with one attached hydrogen (secondary N) is 1. The van der Waals surface area contributed by atoms with Crippen molar-refractivity contribution in [1.29, 1.82) is 0 Å². The van der Waals surface area contributed by atoms with E-state index in [1.54, 1.807) is 0 Å². The maximum absolute atomic E-state index is 3.61. The lowest BCUT2D eigenvalue weighted by atomic mass is 10.2. The van der Waals surface area contributed by atoms with E-state index < -0.39 is 8.07 Å². The number of rotatable bonds is 9. The van der Waals surface area contributed by atoms with Crippen molar-refractivity contribution in [3.63, 3.8) is 0 Å². The zero-order chi connectivity index (χ0) is 14.9. The summed E-state index contributed by atoms with van der Waals surface area (Å²) in [6.45, 7) is 19.2. The third-order valence-electron chi connectivity index (χ3n) is 4.55. The number of unbranched alkanes of at least 4 members (excludes halogenated alkanes) is 1. The molecule has 0 aliphatic heterocycles. The maximum Gasteiger partial charge on any atom is 0.0527 e. The average molecular weight is 300 g/mol. The van der Waals surface area contributed by atoms with Gasteiger partial charge >= 0.3 is 0 Å². The molecule has 0 aromatic heterocycles. The molecule has 19 heavy (non-hydrogen) atoms. The third-order valence-corrected chi connectivity index (χ3v) is 12.1. The SMILES string of the molecule is CC(C)=C[SiH2]CCNCCCC[Si](C)(C)C(C)(C)C. The largest absolute Gasteiger partial charge is 0.317 e. The first kappa shape index (κ1) is 19.1. The van der Waals surface area contributed by atoms with Crippen LogP contribution in [0.25, 0.3) is 0 Å². The molecule has 1 N–H and O–H groups in total. The van der Waals surface area contributed by atoms with Crippen LogP contribution in [0.5, 0.6) is 0 Å². The highest BCUT2D eigenvalue weighted by molar-refractivity contribution is 6.80. The van der Waals surface area contributed by atoms with E-state index in [0.717, 1.165) is 0 Å². The molecule has 0 aromatic carbocycles. The summed E-state index contributed by atoms with van der Waals surface area (Å²) in [5.41, 5.74) is 3.97. The van der Waals surface area contributed by atoms with Gasteiger partial charge in [0.25, 0.3) is 0 Å². The van der Waals surface area contributed by atoms with Crippen molar-refractivity contribution in [2.75, 3.05) is 13.1 Å². The monoisotopic (exact) mass is 299 g/mol. The summed E-state index contributed by atoms with van der Waals surface area (Å²) in [6.07, 6.45) is 2.77. The maximum atomic E-state index is 3.61. The van der Waals surface area contributed by atoms with Gasteiger partial charge in [-0.05, 0) is 44.4 Å². The molecule has 0 saturated heterocycles. The summed E-state index contributed by atoms with van der Waals surface area (Å²) in [5, 5.41) is 4.16. The standard InChI is InChI=1S/C16H37NSi2/c1-15(2)14-18-12-11-17-10-8-9-13-19(6,7)16(3,4)5/h14,17H,8-13,18H2,1-7H3. The minimum atomic E-state index is -1.03. The van der Waals surface area contributed by atoms with Crippen LogP contribution in [0, 0.1) is 0 Å². The Kier molecular flexibility index (Phi) is 9.20. The van der Waals surface area contributed by atoms with Gasteiger partial charge in [-0.25, -0.2) is 0 Å². The van der Waals surface area contributed by atoms with Crippen LogP contribution < -0.4 is 5.32 Å². The highest BCUT2D eigenvalue weighted by Crippen LogP contribution is 2.39. The predicted molar refractivity (Wildman–Crippen MR) is 96.9 cm³/mol. The van der Waals surface area contributed by atoms with Gasteiger partial charge in [-0.1, -0.05) is 51.9 Å². The van der Waals surface area contributed by atoms with Crippen molar-refractivity contribution >= 4 is 17.6 Å². The fraction of sp³-hybridized carbons (Fsp3) is 0.875. The van der Waals surface area contributed by atoms with Gasteiger partial charge < -0.3 is 5.32 Å². The van der Waals surface area contributed by atoms with Gasteiger partial charge in [0.15, 0.2) is 0 Å². The first-order valence-electron chi connectivity index (χ1n) is 8.01. The second kappa shape index (κ2) is 9.14. The number of allylic oxidation sites excluding steroid dienone is 1. The minimum absolute atomic E-state index is 0.0656. The molecule has 0 aromatic rings. The first-order chi connectivity index (χ1) is 8.67. The van der Waals surface area contributed by atoms with Gasteiger partial charge in [-0.15, -0.1) is 5.70 Å². The number of hydrogen-bond acceptors (Lipinski definition) is 1. The molecule has 0 spiro atoms. The van der Waals surface area contributed by atoms with E-state index in [9.17, 15) is 0 Å². The van der Waals surface area contributed by atoms with E-state index >= 15 is 0 Å². The van der Waals surface area contributed by atoms with E-state index in [2.05, 4.69) is 58.7 Å². The molecule has 0 rings (SSSR count). The molecule has 0 amide bonds. The van der Waals surface area contributed by atoms with E-state index in [0.29, 0.717) is 5.04 Å². The molecule has 0 heterocycles. The highest BCUT2D eigenvalue weighted by Gasteiger charge is 2.33. The Morgan fingerprint density at radius 1 is 1.11 bits per heavy atom. The first-order valence-corrected chi connectivity index (χ1v) is 13.0. The second-order valence-electron chi connectivity index (χ2n) is 7.76. The van der Waals surface area contributed by atoms with Crippen molar-refractivity contribution in [3.8, 4) is 0 Å². The normalized spacial score (nSPS) is 13.2. The van der Waals surface area contributed by atoms with Crippen molar-refractivity contribution in [2.45, 2.75) is 77.7 Å². The zero-order valence-corrected chi connectivity index (χ0v) is 16.9. The van der Waals surface area contributed by atoms with Crippen LogP contribution in [-0.4, -0.2) is 30.7 Å². The van der Waals surface area contributed by atoms with E-state index in [4.69, 9.17) is 0 Å². The molecule has 114 valence electrons. The average Bonchev–Trinajstić information content (AvgIpc) is 2.24. The Labute approximate surface area is 125 Å². The molecule has 0 atom stereocenters. The molecule has 0 aliphatic rings. The Balaban J connectivity index is 3.49. The summed E-state index contributed by atoms with van der Waals surface area (Å²) in [6, 6.07) is 2.89. The van der Waals surface area contributed by atoms with Gasteiger partial charge in [0.2, 0.25) is 0 Å². The molecule has 0 bridgehead atoms. The molecule has 1 nitrogen and oxygen atoms in total. The lowest BCUT2D eigenvalue weighted by Gasteiger charge is -2.37. The quantitative estimate of drug-likeness (QED) is 0.492. The van der Waals surface area contributed by atoms with Crippen LogP contribution in [0.3, 0.4) is 0 Å². The Morgan fingerprint density at radius 2 is 1.74 bits per heavy atom. The van der Waals surface area contributed by atoms with Crippen LogP contribution >= 0.6 is 0 Å². The van der Waals surface area contributed by atoms with Gasteiger partial charge in [-0.2, -0.15) is 0 Å². The lowest BCUT2D eigenvalue weighted by Crippen LogP contribution is -2.36. The molecule has 0 radical (unpaired) electrons. The van der Waals surface area contributed by atoms with Crippen molar-refractivity contribution in [1.82, 2.24) is 5.32 Å². The van der Waals surface area contributed by atoms with Crippen molar-refractivity contribution < 1.29 is 0 Å². The Hall–Kier alpha value is 0.134. The third kappa shape index (κ3) is 9.63.